The van der Waals surface area contributed by atoms with Crippen LogP contribution in [-0.4, -0.2) is 43.3 Å². The van der Waals surface area contributed by atoms with Crippen molar-refractivity contribution in [2.45, 2.75) is 0 Å². The average molecular weight is 285 g/mol. The van der Waals surface area contributed by atoms with Crippen LogP contribution in [0.3, 0.4) is 0 Å². The Bertz CT molecular complexity index is 596. The molecule has 2 N–H and O–H groups in total. The van der Waals surface area contributed by atoms with Gasteiger partial charge in [0.15, 0.2) is 0 Å². The topological polar surface area (TPSA) is 67.5 Å². The summed E-state index contributed by atoms with van der Waals surface area (Å²) >= 11 is 0. The molecule has 0 amide bonds. The van der Waals surface area contributed by atoms with Crippen LogP contribution in [0, 0.1) is 0 Å². The van der Waals surface area contributed by atoms with Crippen LogP contribution >= 0.6 is 0 Å². The smallest absolute Gasteiger partial charge is 0.225 e. The number of nitrogen functional groups attached to an aromatic ring is 1. The van der Waals surface area contributed by atoms with E-state index in [1.807, 2.05) is 24.3 Å². The quantitative estimate of drug-likeness (QED) is 0.860. The second kappa shape index (κ2) is 5.87. The molecule has 6 heteroatoms. The second-order valence-electron chi connectivity index (χ2n) is 4.95. The summed E-state index contributed by atoms with van der Waals surface area (Å²) in [5, 5.41) is 0. The molecule has 0 aliphatic carbocycles. The number of nitrogens with zero attached hydrogens (tertiary/aromatic N) is 4. The molecule has 2 aromatic rings. The Balaban J connectivity index is 1.68. The number of rotatable bonds is 3. The van der Waals surface area contributed by atoms with Crippen LogP contribution in [-0.2, 0) is 0 Å². The zero-order valence-electron chi connectivity index (χ0n) is 12.1. The minimum atomic E-state index is 0.749. The van der Waals surface area contributed by atoms with Crippen molar-refractivity contribution in [2.24, 2.45) is 0 Å². The molecule has 1 aliphatic rings. The molecular formula is C15H19N5O. The van der Waals surface area contributed by atoms with E-state index in [2.05, 4.69) is 19.8 Å². The highest BCUT2D eigenvalue weighted by Crippen LogP contribution is 2.28. The molecule has 0 bridgehead atoms. The molecule has 0 radical (unpaired) electrons. The van der Waals surface area contributed by atoms with E-state index in [1.54, 1.807) is 19.5 Å². The summed E-state index contributed by atoms with van der Waals surface area (Å²) < 4.78 is 5.19. The minimum Gasteiger partial charge on any atom is -0.497 e. The maximum Gasteiger partial charge on any atom is 0.225 e. The summed E-state index contributed by atoms with van der Waals surface area (Å²) in [4.78, 5) is 13.1. The maximum atomic E-state index is 6.11. The van der Waals surface area contributed by atoms with Gasteiger partial charge in [-0.15, -0.1) is 0 Å². The first kappa shape index (κ1) is 13.5. The number of methoxy groups -OCH3 is 1. The van der Waals surface area contributed by atoms with Crippen molar-refractivity contribution in [1.82, 2.24) is 9.97 Å². The van der Waals surface area contributed by atoms with Gasteiger partial charge in [0, 0.05) is 44.6 Å². The molecule has 1 aromatic heterocycles. The van der Waals surface area contributed by atoms with E-state index in [9.17, 15) is 0 Å². The minimum absolute atomic E-state index is 0.749. The monoisotopic (exact) mass is 285 g/mol. The van der Waals surface area contributed by atoms with Crippen molar-refractivity contribution in [3.05, 3.63) is 36.7 Å². The molecule has 0 spiro atoms. The molecule has 110 valence electrons. The molecule has 6 nitrogen and oxygen atoms in total. The van der Waals surface area contributed by atoms with Gasteiger partial charge in [0.2, 0.25) is 5.95 Å². The summed E-state index contributed by atoms with van der Waals surface area (Å²) in [5.41, 5.74) is 7.92. The fraction of sp³-hybridized carbons (Fsp3) is 0.333. The van der Waals surface area contributed by atoms with Crippen molar-refractivity contribution in [1.29, 1.82) is 0 Å². The number of hydrogen-bond donors (Lipinski definition) is 1. The van der Waals surface area contributed by atoms with Crippen LogP contribution in [0.2, 0.25) is 0 Å². The molecule has 2 heterocycles. The highest BCUT2D eigenvalue weighted by atomic mass is 16.5. The Labute approximate surface area is 124 Å². The number of nitrogens with two attached hydrogens (primary N) is 1. The van der Waals surface area contributed by atoms with E-state index < -0.39 is 0 Å². The summed E-state index contributed by atoms with van der Waals surface area (Å²) in [5.74, 6) is 1.58. The predicted molar refractivity (Wildman–Crippen MR) is 83.9 cm³/mol. The van der Waals surface area contributed by atoms with Gasteiger partial charge in [-0.3, -0.25) is 0 Å². The molecule has 0 saturated carbocycles. The highest BCUT2D eigenvalue weighted by molar-refractivity contribution is 5.70. The van der Waals surface area contributed by atoms with Gasteiger partial charge in [0.25, 0.3) is 0 Å². The first-order valence-electron chi connectivity index (χ1n) is 6.98. The van der Waals surface area contributed by atoms with E-state index in [-0.39, 0.29) is 0 Å². The normalized spacial score (nSPS) is 15.1. The summed E-state index contributed by atoms with van der Waals surface area (Å²) in [6, 6.07) is 7.65. The molecule has 21 heavy (non-hydrogen) atoms. The number of anilines is 3. The number of aromatic nitrogens is 2. The Morgan fingerprint density at radius 2 is 1.71 bits per heavy atom. The van der Waals surface area contributed by atoms with Gasteiger partial charge >= 0.3 is 0 Å². The number of piperazine rings is 1. The number of benzene rings is 1. The van der Waals surface area contributed by atoms with Crippen LogP contribution in [0.1, 0.15) is 0 Å². The SMILES string of the molecule is COc1ccc(N2CCN(c3ncccn3)CC2)c(N)c1. The van der Waals surface area contributed by atoms with Crippen molar-refractivity contribution in [3.8, 4) is 5.75 Å². The fourth-order valence-electron chi connectivity index (χ4n) is 2.55. The van der Waals surface area contributed by atoms with Gasteiger partial charge in [0.05, 0.1) is 18.5 Å². The van der Waals surface area contributed by atoms with Crippen molar-refractivity contribution in [2.75, 3.05) is 48.8 Å². The maximum absolute atomic E-state index is 6.11. The second-order valence-corrected chi connectivity index (χ2v) is 4.95. The molecule has 1 aliphatic heterocycles. The first-order chi connectivity index (χ1) is 10.3. The van der Waals surface area contributed by atoms with E-state index in [1.165, 1.54) is 0 Å². The van der Waals surface area contributed by atoms with Crippen LogP contribution in [0.25, 0.3) is 0 Å². The largest absolute Gasteiger partial charge is 0.497 e. The molecular weight excluding hydrogens is 266 g/mol. The van der Waals surface area contributed by atoms with Gasteiger partial charge in [-0.1, -0.05) is 0 Å². The predicted octanol–water partition coefficient (Wildman–Crippen LogP) is 1.39. The van der Waals surface area contributed by atoms with Gasteiger partial charge in [-0.25, -0.2) is 9.97 Å². The molecule has 1 fully saturated rings. The molecule has 3 rings (SSSR count). The first-order valence-corrected chi connectivity index (χ1v) is 6.98. The van der Waals surface area contributed by atoms with Crippen molar-refractivity contribution < 1.29 is 4.74 Å². The van der Waals surface area contributed by atoms with Gasteiger partial charge in [-0.2, -0.15) is 0 Å². The van der Waals surface area contributed by atoms with Crippen LogP contribution in [0.4, 0.5) is 17.3 Å². The standard InChI is InChI=1S/C15H19N5O/c1-21-12-3-4-14(13(16)11-12)19-7-9-20(10-8-19)15-17-5-2-6-18-15/h2-6,11H,7-10,16H2,1H3. The highest BCUT2D eigenvalue weighted by Gasteiger charge is 2.20. The zero-order valence-corrected chi connectivity index (χ0v) is 12.1. The number of ether oxygens (including phenoxy) is 1. The van der Waals surface area contributed by atoms with Gasteiger partial charge < -0.3 is 20.3 Å². The van der Waals surface area contributed by atoms with Crippen molar-refractivity contribution >= 4 is 17.3 Å². The Hall–Kier alpha value is -2.50. The zero-order chi connectivity index (χ0) is 14.7. The van der Waals surface area contributed by atoms with Crippen molar-refractivity contribution in [3.63, 3.8) is 0 Å². The third-order valence-corrected chi connectivity index (χ3v) is 3.69. The van der Waals surface area contributed by atoms with Gasteiger partial charge in [-0.05, 0) is 18.2 Å². The molecule has 0 atom stereocenters. The fourth-order valence-corrected chi connectivity index (χ4v) is 2.55. The Kier molecular flexibility index (Phi) is 3.77. The van der Waals surface area contributed by atoms with Gasteiger partial charge in [0.1, 0.15) is 5.75 Å². The van der Waals surface area contributed by atoms with Crippen LogP contribution < -0.4 is 20.3 Å². The van der Waals surface area contributed by atoms with E-state index in [4.69, 9.17) is 10.5 Å². The lowest BCUT2D eigenvalue weighted by atomic mass is 10.2. The Morgan fingerprint density at radius 1 is 1.05 bits per heavy atom. The van der Waals surface area contributed by atoms with E-state index in [0.717, 1.165) is 49.3 Å². The Morgan fingerprint density at radius 3 is 2.33 bits per heavy atom. The third kappa shape index (κ3) is 2.84. The third-order valence-electron chi connectivity index (χ3n) is 3.69. The summed E-state index contributed by atoms with van der Waals surface area (Å²) in [6.45, 7) is 3.56. The summed E-state index contributed by atoms with van der Waals surface area (Å²) in [7, 11) is 1.65. The molecule has 0 unspecified atom stereocenters. The number of hydrogen-bond acceptors (Lipinski definition) is 6. The van der Waals surface area contributed by atoms with E-state index in [0.29, 0.717) is 0 Å². The molecule has 1 saturated heterocycles. The summed E-state index contributed by atoms with van der Waals surface area (Å²) in [6.07, 6.45) is 3.55. The molecule has 1 aromatic carbocycles. The lowest BCUT2D eigenvalue weighted by Gasteiger charge is -2.36. The lowest BCUT2D eigenvalue weighted by Crippen LogP contribution is -2.47. The average Bonchev–Trinajstić information content (AvgIpc) is 2.56. The van der Waals surface area contributed by atoms with E-state index >= 15 is 0 Å². The van der Waals surface area contributed by atoms with Crippen LogP contribution in [0.15, 0.2) is 36.7 Å². The van der Waals surface area contributed by atoms with Crippen LogP contribution in [0.5, 0.6) is 5.75 Å². The lowest BCUT2D eigenvalue weighted by molar-refractivity contribution is 0.415.